The Morgan fingerprint density at radius 2 is 1.46 bits per heavy atom. The van der Waals surface area contributed by atoms with Crippen molar-refractivity contribution >= 4 is 18.0 Å². The number of unbranched alkanes of at least 4 members (excludes halogenated alkanes) is 3. The van der Waals surface area contributed by atoms with Crippen LogP contribution in [0.2, 0.25) is 0 Å². The Morgan fingerprint density at radius 1 is 0.857 bits per heavy atom. The fourth-order valence-corrected chi connectivity index (χ4v) is 2.71. The van der Waals surface area contributed by atoms with Crippen LogP contribution in [0.15, 0.2) is 30.3 Å². The van der Waals surface area contributed by atoms with Gasteiger partial charge in [0.2, 0.25) is 5.54 Å². The fraction of sp³-hybridized carbons (Fsp3) is 0.571. The van der Waals surface area contributed by atoms with Crippen LogP contribution in [0.5, 0.6) is 0 Å². The lowest BCUT2D eigenvalue weighted by molar-refractivity contribution is -0.166. The van der Waals surface area contributed by atoms with Gasteiger partial charge >= 0.3 is 18.0 Å². The Balaban J connectivity index is 2.94. The van der Waals surface area contributed by atoms with E-state index < -0.39 is 23.6 Å². The average Bonchev–Trinajstić information content (AvgIpc) is 2.69. The maximum absolute atomic E-state index is 12.7. The molecule has 7 heteroatoms. The van der Waals surface area contributed by atoms with Crippen molar-refractivity contribution in [1.82, 2.24) is 5.32 Å². The van der Waals surface area contributed by atoms with Crippen LogP contribution in [0.4, 0.5) is 4.79 Å². The highest BCUT2D eigenvalue weighted by molar-refractivity contribution is 6.07. The number of amides is 1. The van der Waals surface area contributed by atoms with Gasteiger partial charge in [-0.05, 0) is 32.3 Å². The minimum atomic E-state index is -1.91. The van der Waals surface area contributed by atoms with Gasteiger partial charge in [-0.15, -0.1) is 0 Å². The first-order chi connectivity index (χ1) is 13.5. The summed E-state index contributed by atoms with van der Waals surface area (Å²) < 4.78 is 15.4. The summed E-state index contributed by atoms with van der Waals surface area (Å²) in [6.07, 6.45) is 2.55. The van der Waals surface area contributed by atoms with Gasteiger partial charge in [-0.2, -0.15) is 0 Å². The Morgan fingerprint density at radius 3 is 2.00 bits per heavy atom. The van der Waals surface area contributed by atoms with Crippen molar-refractivity contribution in [3.05, 3.63) is 35.9 Å². The van der Waals surface area contributed by atoms with Crippen molar-refractivity contribution < 1.29 is 28.6 Å². The van der Waals surface area contributed by atoms with Gasteiger partial charge in [0, 0.05) is 0 Å². The highest BCUT2D eigenvalue weighted by atomic mass is 16.6. The number of alkyl carbamates (subject to hydrolysis) is 1. The summed E-state index contributed by atoms with van der Waals surface area (Å²) in [5, 5.41) is 2.44. The highest BCUT2D eigenvalue weighted by Gasteiger charge is 2.50. The molecule has 1 aromatic carbocycles. The van der Waals surface area contributed by atoms with E-state index in [-0.39, 0.29) is 26.2 Å². The Kier molecular flexibility index (Phi) is 10.7. The number of carbonyl (C=O) groups excluding carboxylic acids is 3. The molecule has 156 valence electrons. The van der Waals surface area contributed by atoms with Gasteiger partial charge < -0.3 is 14.2 Å². The van der Waals surface area contributed by atoms with E-state index in [1.807, 2.05) is 30.3 Å². The molecule has 0 aliphatic rings. The Bertz CT molecular complexity index is 599. The summed E-state index contributed by atoms with van der Waals surface area (Å²) >= 11 is 0. The van der Waals surface area contributed by atoms with E-state index in [1.165, 1.54) is 0 Å². The van der Waals surface area contributed by atoms with Crippen molar-refractivity contribution in [2.45, 2.75) is 65.0 Å². The van der Waals surface area contributed by atoms with E-state index >= 15 is 0 Å². The molecule has 0 aromatic heterocycles. The van der Waals surface area contributed by atoms with E-state index in [0.717, 1.165) is 24.8 Å². The molecule has 0 unspecified atom stereocenters. The smallest absolute Gasteiger partial charge is 0.408 e. The van der Waals surface area contributed by atoms with Gasteiger partial charge in [-0.3, -0.25) is 5.32 Å². The molecule has 0 aliphatic heterocycles. The third-order valence-electron chi connectivity index (χ3n) is 4.18. The minimum Gasteiger partial charge on any atom is -0.464 e. The molecular weight excluding hydrogens is 362 g/mol. The third-order valence-corrected chi connectivity index (χ3v) is 4.18. The molecule has 0 bridgehead atoms. The molecular formula is C21H31NO6. The monoisotopic (exact) mass is 393 g/mol. The lowest BCUT2D eigenvalue weighted by Gasteiger charge is -2.29. The molecule has 7 nitrogen and oxygen atoms in total. The molecule has 1 rings (SSSR count). The molecule has 0 spiro atoms. The van der Waals surface area contributed by atoms with Gasteiger partial charge in [0.25, 0.3) is 0 Å². The largest absolute Gasteiger partial charge is 0.464 e. The standard InChI is InChI=1S/C21H31NO6/c1-4-7-8-12-15-21(18(23)26-5-2,19(24)27-6-3)22-20(25)28-16-17-13-10-9-11-14-17/h9-11,13-14H,4-8,12,15-16H2,1-3H3,(H,22,25). The predicted octanol–water partition coefficient (Wildman–Crippen LogP) is 3.75. The van der Waals surface area contributed by atoms with Crippen LogP contribution in [0.3, 0.4) is 0 Å². The normalized spacial score (nSPS) is 10.8. The van der Waals surface area contributed by atoms with Crippen LogP contribution in [-0.4, -0.2) is 36.8 Å². The summed E-state index contributed by atoms with van der Waals surface area (Å²) in [5.41, 5.74) is -1.12. The quantitative estimate of drug-likeness (QED) is 0.252. The van der Waals surface area contributed by atoms with Gasteiger partial charge in [0.05, 0.1) is 13.2 Å². The first-order valence-corrected chi connectivity index (χ1v) is 9.83. The van der Waals surface area contributed by atoms with Crippen LogP contribution in [-0.2, 0) is 30.4 Å². The SMILES string of the molecule is CCCCCCC(NC(=O)OCc1ccccc1)(C(=O)OCC)C(=O)OCC. The summed E-state index contributed by atoms with van der Waals surface area (Å²) in [7, 11) is 0. The average molecular weight is 393 g/mol. The summed E-state index contributed by atoms with van der Waals surface area (Å²) in [5.74, 6) is -1.66. The second kappa shape index (κ2) is 12.8. The third kappa shape index (κ3) is 7.21. The number of hydrogen-bond donors (Lipinski definition) is 1. The first kappa shape index (κ1) is 23.5. The van der Waals surface area contributed by atoms with E-state index in [9.17, 15) is 14.4 Å². The number of carbonyl (C=O) groups is 3. The molecule has 0 saturated carbocycles. The molecule has 28 heavy (non-hydrogen) atoms. The molecule has 0 heterocycles. The topological polar surface area (TPSA) is 90.9 Å². The lowest BCUT2D eigenvalue weighted by atomic mass is 9.91. The van der Waals surface area contributed by atoms with Gasteiger partial charge in [0.15, 0.2) is 0 Å². The van der Waals surface area contributed by atoms with E-state index in [0.29, 0.717) is 6.42 Å². The molecule has 1 N–H and O–H groups in total. The van der Waals surface area contributed by atoms with Gasteiger partial charge in [-0.1, -0.05) is 56.5 Å². The molecule has 0 saturated heterocycles. The van der Waals surface area contributed by atoms with E-state index in [4.69, 9.17) is 14.2 Å². The van der Waals surface area contributed by atoms with E-state index in [1.54, 1.807) is 13.8 Å². The van der Waals surface area contributed by atoms with Crippen molar-refractivity contribution in [2.24, 2.45) is 0 Å². The summed E-state index contributed by atoms with van der Waals surface area (Å²) in [6, 6.07) is 9.12. The lowest BCUT2D eigenvalue weighted by Crippen LogP contribution is -2.61. The van der Waals surface area contributed by atoms with Crippen LogP contribution in [0.25, 0.3) is 0 Å². The van der Waals surface area contributed by atoms with E-state index in [2.05, 4.69) is 12.2 Å². The second-order valence-electron chi connectivity index (χ2n) is 6.34. The number of hydrogen-bond acceptors (Lipinski definition) is 6. The Hall–Kier alpha value is -2.57. The zero-order valence-corrected chi connectivity index (χ0v) is 17.0. The highest BCUT2D eigenvalue weighted by Crippen LogP contribution is 2.21. The zero-order chi connectivity index (χ0) is 20.8. The molecule has 0 radical (unpaired) electrons. The number of benzene rings is 1. The van der Waals surface area contributed by atoms with Crippen molar-refractivity contribution in [3.8, 4) is 0 Å². The minimum absolute atomic E-state index is 0.0181. The maximum atomic E-state index is 12.7. The van der Waals surface area contributed by atoms with Crippen LogP contribution >= 0.6 is 0 Å². The van der Waals surface area contributed by atoms with Crippen LogP contribution < -0.4 is 5.32 Å². The molecule has 0 fully saturated rings. The van der Waals surface area contributed by atoms with Gasteiger partial charge in [-0.25, -0.2) is 14.4 Å². The Labute approximate surface area is 166 Å². The van der Waals surface area contributed by atoms with Gasteiger partial charge in [0.1, 0.15) is 6.61 Å². The maximum Gasteiger partial charge on any atom is 0.408 e. The number of nitrogens with one attached hydrogen (secondary N) is 1. The van der Waals surface area contributed by atoms with Crippen molar-refractivity contribution in [3.63, 3.8) is 0 Å². The summed E-state index contributed by atoms with van der Waals surface area (Å²) in [4.78, 5) is 37.7. The molecule has 0 aliphatic carbocycles. The fourth-order valence-electron chi connectivity index (χ4n) is 2.71. The van der Waals surface area contributed by atoms with Crippen LogP contribution in [0, 0.1) is 0 Å². The van der Waals surface area contributed by atoms with Crippen LogP contribution in [0.1, 0.15) is 58.4 Å². The second-order valence-corrected chi connectivity index (χ2v) is 6.34. The van der Waals surface area contributed by atoms with Crippen molar-refractivity contribution in [1.29, 1.82) is 0 Å². The first-order valence-electron chi connectivity index (χ1n) is 9.83. The molecule has 0 atom stereocenters. The number of ether oxygens (including phenoxy) is 3. The predicted molar refractivity (Wildman–Crippen MR) is 105 cm³/mol. The number of rotatable bonds is 12. The van der Waals surface area contributed by atoms with Crippen molar-refractivity contribution in [2.75, 3.05) is 13.2 Å². The number of esters is 2. The molecule has 1 aromatic rings. The zero-order valence-electron chi connectivity index (χ0n) is 17.0. The summed E-state index contributed by atoms with van der Waals surface area (Å²) in [6.45, 7) is 5.51. The molecule has 1 amide bonds.